The van der Waals surface area contributed by atoms with Crippen LogP contribution in [0.3, 0.4) is 0 Å². The summed E-state index contributed by atoms with van der Waals surface area (Å²) in [6, 6.07) is 0. The summed E-state index contributed by atoms with van der Waals surface area (Å²) in [5.41, 5.74) is 0. The molecule has 0 radical (unpaired) electrons. The van der Waals surface area contributed by atoms with Gasteiger partial charge in [-0.1, -0.05) is 15.9 Å². The molecule has 0 spiro atoms. The molecule has 0 bridgehead atoms. The number of hydrogen-bond acceptors (Lipinski definition) is 1. The van der Waals surface area contributed by atoms with E-state index in [1.54, 1.807) is 0 Å². The second-order valence-corrected chi connectivity index (χ2v) is 3.26. The Morgan fingerprint density at radius 1 is 1.50 bits per heavy atom. The van der Waals surface area contributed by atoms with Gasteiger partial charge in [0.15, 0.2) is 0 Å². The minimum atomic E-state index is -0.756. The van der Waals surface area contributed by atoms with Crippen LogP contribution in [0.25, 0.3) is 0 Å². The van der Waals surface area contributed by atoms with Crippen molar-refractivity contribution in [2.24, 2.45) is 0 Å². The van der Waals surface area contributed by atoms with Gasteiger partial charge in [0.2, 0.25) is 0 Å². The van der Waals surface area contributed by atoms with Crippen LogP contribution in [0.1, 0.15) is 6.42 Å². The van der Waals surface area contributed by atoms with Gasteiger partial charge in [-0.3, -0.25) is 0 Å². The average molecular weight is 183 g/mol. The Balaban J connectivity index is 2.23. The molecule has 2 atom stereocenters. The zero-order valence-corrected chi connectivity index (χ0v) is 6.03. The quantitative estimate of drug-likeness (QED) is 0.517. The van der Waals surface area contributed by atoms with Gasteiger partial charge >= 0.3 is 0 Å². The molecule has 3 heteroatoms. The lowest BCUT2D eigenvalue weighted by Gasteiger charge is -2.19. The fourth-order valence-corrected chi connectivity index (χ4v) is 1.33. The number of ether oxygens (including phenoxy) is 1. The van der Waals surface area contributed by atoms with Crippen molar-refractivity contribution in [2.45, 2.75) is 17.4 Å². The second kappa shape index (κ2) is 2.78. The normalized spacial score (nSPS) is 39.8. The standard InChI is InChI=1S/C5H8BrFO/c6-4-1-5(7)3-8-2-4/h4-5H,1-3H2. The molecule has 0 aromatic carbocycles. The van der Waals surface area contributed by atoms with Gasteiger partial charge in [0, 0.05) is 4.83 Å². The van der Waals surface area contributed by atoms with Crippen LogP contribution in [0, 0.1) is 0 Å². The predicted octanol–water partition coefficient (Wildman–Crippen LogP) is 1.51. The fraction of sp³-hybridized carbons (Fsp3) is 1.00. The second-order valence-electron chi connectivity index (χ2n) is 1.97. The third-order valence-electron chi connectivity index (χ3n) is 1.11. The van der Waals surface area contributed by atoms with Crippen molar-refractivity contribution < 1.29 is 9.13 Å². The fourth-order valence-electron chi connectivity index (χ4n) is 0.737. The minimum Gasteiger partial charge on any atom is -0.377 e. The molecule has 1 fully saturated rings. The van der Waals surface area contributed by atoms with E-state index in [2.05, 4.69) is 15.9 Å². The molecule has 1 rings (SSSR count). The third kappa shape index (κ3) is 1.71. The summed E-state index contributed by atoms with van der Waals surface area (Å²) in [5, 5.41) is 0. The van der Waals surface area contributed by atoms with Crippen molar-refractivity contribution >= 4 is 15.9 Å². The summed E-state index contributed by atoms with van der Waals surface area (Å²) in [6.07, 6.45) is -0.159. The van der Waals surface area contributed by atoms with Gasteiger partial charge in [-0.15, -0.1) is 0 Å². The van der Waals surface area contributed by atoms with Gasteiger partial charge in [-0.2, -0.15) is 0 Å². The predicted molar refractivity (Wildman–Crippen MR) is 33.0 cm³/mol. The van der Waals surface area contributed by atoms with E-state index < -0.39 is 6.17 Å². The molecule has 0 aliphatic carbocycles. The van der Waals surface area contributed by atoms with Crippen LogP contribution in [0.5, 0.6) is 0 Å². The molecule has 0 amide bonds. The number of alkyl halides is 2. The van der Waals surface area contributed by atoms with Gasteiger partial charge in [0.1, 0.15) is 6.17 Å². The summed E-state index contributed by atoms with van der Waals surface area (Å²) >= 11 is 3.26. The summed E-state index contributed by atoms with van der Waals surface area (Å²) < 4.78 is 17.2. The van der Waals surface area contributed by atoms with E-state index in [9.17, 15) is 4.39 Å². The SMILES string of the molecule is FC1COCC(Br)C1. The lowest BCUT2D eigenvalue weighted by atomic mass is 10.2. The Morgan fingerprint density at radius 3 is 2.62 bits per heavy atom. The topological polar surface area (TPSA) is 9.23 Å². The van der Waals surface area contributed by atoms with E-state index in [-0.39, 0.29) is 11.4 Å². The molecule has 0 N–H and O–H groups in total. The van der Waals surface area contributed by atoms with Crippen molar-refractivity contribution in [3.05, 3.63) is 0 Å². The maximum Gasteiger partial charge on any atom is 0.124 e. The van der Waals surface area contributed by atoms with Gasteiger partial charge in [0.25, 0.3) is 0 Å². The Labute approximate surface area is 56.3 Å². The van der Waals surface area contributed by atoms with Crippen molar-refractivity contribution in [2.75, 3.05) is 13.2 Å². The van der Waals surface area contributed by atoms with E-state index in [0.29, 0.717) is 13.0 Å². The van der Waals surface area contributed by atoms with Crippen molar-refractivity contribution in [1.29, 1.82) is 0 Å². The first-order valence-corrected chi connectivity index (χ1v) is 3.56. The Morgan fingerprint density at radius 2 is 2.25 bits per heavy atom. The van der Waals surface area contributed by atoms with Crippen molar-refractivity contribution in [3.63, 3.8) is 0 Å². The maximum atomic E-state index is 12.3. The Hall–Kier alpha value is 0.370. The van der Waals surface area contributed by atoms with Crippen LogP contribution in [0.2, 0.25) is 0 Å². The zero-order chi connectivity index (χ0) is 5.98. The summed E-state index contributed by atoms with van der Waals surface area (Å²) in [7, 11) is 0. The number of halogens is 2. The summed E-state index contributed by atoms with van der Waals surface area (Å²) in [6.45, 7) is 0.933. The van der Waals surface area contributed by atoms with Gasteiger partial charge in [-0.05, 0) is 6.42 Å². The van der Waals surface area contributed by atoms with Crippen LogP contribution >= 0.6 is 15.9 Å². The van der Waals surface area contributed by atoms with Crippen LogP contribution in [-0.4, -0.2) is 24.2 Å². The molecule has 2 unspecified atom stereocenters. The lowest BCUT2D eigenvalue weighted by Crippen LogP contribution is -2.26. The molecule has 1 aliphatic rings. The first-order valence-electron chi connectivity index (χ1n) is 2.65. The number of hydrogen-bond donors (Lipinski definition) is 0. The van der Waals surface area contributed by atoms with E-state index in [4.69, 9.17) is 4.74 Å². The van der Waals surface area contributed by atoms with Crippen LogP contribution in [0.4, 0.5) is 4.39 Å². The first-order chi connectivity index (χ1) is 3.79. The highest BCUT2D eigenvalue weighted by molar-refractivity contribution is 9.09. The zero-order valence-electron chi connectivity index (χ0n) is 4.44. The van der Waals surface area contributed by atoms with E-state index in [1.165, 1.54) is 0 Å². The van der Waals surface area contributed by atoms with E-state index in [0.717, 1.165) is 0 Å². The Bertz CT molecular complexity index is 70.8. The van der Waals surface area contributed by atoms with Crippen LogP contribution < -0.4 is 0 Å². The average Bonchev–Trinajstić information content (AvgIpc) is 1.64. The van der Waals surface area contributed by atoms with Gasteiger partial charge in [0.05, 0.1) is 13.2 Å². The molecule has 1 heterocycles. The van der Waals surface area contributed by atoms with Crippen molar-refractivity contribution in [1.82, 2.24) is 0 Å². The molecule has 8 heavy (non-hydrogen) atoms. The molecule has 0 aromatic rings. The van der Waals surface area contributed by atoms with Gasteiger partial charge < -0.3 is 4.74 Å². The maximum absolute atomic E-state index is 12.3. The molecule has 1 aliphatic heterocycles. The van der Waals surface area contributed by atoms with Crippen LogP contribution in [0.15, 0.2) is 0 Å². The molecule has 48 valence electrons. The van der Waals surface area contributed by atoms with Crippen molar-refractivity contribution in [3.8, 4) is 0 Å². The molecule has 1 nitrogen and oxygen atoms in total. The highest BCUT2D eigenvalue weighted by Gasteiger charge is 2.18. The molecule has 0 saturated carbocycles. The summed E-state index contributed by atoms with van der Waals surface area (Å²) in [5.74, 6) is 0. The highest BCUT2D eigenvalue weighted by atomic mass is 79.9. The minimum absolute atomic E-state index is 0.228. The highest BCUT2D eigenvalue weighted by Crippen LogP contribution is 2.16. The Kier molecular flexibility index (Phi) is 2.26. The van der Waals surface area contributed by atoms with E-state index >= 15 is 0 Å². The molecule has 1 saturated heterocycles. The largest absolute Gasteiger partial charge is 0.377 e. The molecular weight excluding hydrogens is 175 g/mol. The molecular formula is C5H8BrFO. The first kappa shape index (κ1) is 6.49. The van der Waals surface area contributed by atoms with Gasteiger partial charge in [-0.25, -0.2) is 4.39 Å². The summed E-state index contributed by atoms with van der Waals surface area (Å²) in [4.78, 5) is 0.228. The molecule has 0 aromatic heterocycles. The smallest absolute Gasteiger partial charge is 0.124 e. The van der Waals surface area contributed by atoms with Crippen LogP contribution in [-0.2, 0) is 4.74 Å². The monoisotopic (exact) mass is 182 g/mol. The lowest BCUT2D eigenvalue weighted by molar-refractivity contribution is 0.0421. The number of rotatable bonds is 0. The third-order valence-corrected chi connectivity index (χ3v) is 1.75. The van der Waals surface area contributed by atoms with E-state index in [1.807, 2.05) is 0 Å².